The van der Waals surface area contributed by atoms with E-state index in [9.17, 15) is 4.79 Å². The van der Waals surface area contributed by atoms with Crippen molar-refractivity contribution in [1.29, 1.82) is 0 Å². The minimum atomic E-state index is -0.423. The number of aromatic amines is 1. The van der Waals surface area contributed by atoms with Crippen molar-refractivity contribution in [3.63, 3.8) is 0 Å². The number of aromatic nitrogens is 1. The molecule has 1 aromatic heterocycles. The molecule has 0 saturated heterocycles. The first-order chi connectivity index (χ1) is 12.5. The lowest BCUT2D eigenvalue weighted by Crippen LogP contribution is -2.08. The lowest BCUT2D eigenvalue weighted by molar-refractivity contribution is 0.0515. The fourth-order valence-corrected chi connectivity index (χ4v) is 3.01. The van der Waals surface area contributed by atoms with Crippen LogP contribution in [0.4, 0.5) is 0 Å². The van der Waals surface area contributed by atoms with Crippen molar-refractivity contribution in [2.24, 2.45) is 0 Å². The molecular formula is C19H25NO6. The molecule has 7 nitrogen and oxygen atoms in total. The Bertz CT molecular complexity index is 781. The zero-order valence-corrected chi connectivity index (χ0v) is 16.0. The Morgan fingerprint density at radius 2 is 1.73 bits per heavy atom. The van der Waals surface area contributed by atoms with Crippen molar-refractivity contribution in [2.75, 3.05) is 35.0 Å². The van der Waals surface area contributed by atoms with Gasteiger partial charge >= 0.3 is 5.97 Å². The number of hydrogen-bond acceptors (Lipinski definition) is 6. The molecule has 2 aromatic rings. The average Bonchev–Trinajstić information content (AvgIpc) is 2.96. The number of carbonyl (C=O) groups excluding carboxylic acids is 1. The van der Waals surface area contributed by atoms with Crippen LogP contribution in [-0.4, -0.2) is 46.0 Å². The summed E-state index contributed by atoms with van der Waals surface area (Å²) in [7, 11) is 6.25. The van der Waals surface area contributed by atoms with E-state index in [0.717, 1.165) is 16.8 Å². The van der Waals surface area contributed by atoms with Gasteiger partial charge in [-0.05, 0) is 26.0 Å². The highest BCUT2D eigenvalue weighted by Crippen LogP contribution is 2.46. The van der Waals surface area contributed by atoms with Crippen molar-refractivity contribution in [3.05, 3.63) is 29.1 Å². The Labute approximate surface area is 153 Å². The van der Waals surface area contributed by atoms with Crippen LogP contribution in [0.3, 0.4) is 0 Å². The zero-order valence-electron chi connectivity index (χ0n) is 16.0. The largest absolute Gasteiger partial charge is 0.493 e. The molecule has 0 aliphatic rings. The summed E-state index contributed by atoms with van der Waals surface area (Å²) in [6, 6.07) is 3.66. The Kier molecular flexibility index (Phi) is 6.52. The fraction of sp³-hybridized carbons (Fsp3) is 0.421. The van der Waals surface area contributed by atoms with Crippen molar-refractivity contribution in [2.45, 2.75) is 20.5 Å². The quantitative estimate of drug-likeness (QED) is 0.725. The fourth-order valence-electron chi connectivity index (χ4n) is 3.01. The van der Waals surface area contributed by atoms with E-state index in [-0.39, 0.29) is 6.61 Å². The number of ether oxygens (including phenoxy) is 5. The molecule has 0 aliphatic carbocycles. The lowest BCUT2D eigenvalue weighted by atomic mass is 9.98. The number of methoxy groups -OCH3 is 4. The predicted octanol–water partition coefficient (Wildman–Crippen LogP) is 3.34. The summed E-state index contributed by atoms with van der Waals surface area (Å²) in [5.41, 5.74) is 3.45. The van der Waals surface area contributed by atoms with Crippen LogP contribution < -0.4 is 14.2 Å². The van der Waals surface area contributed by atoms with E-state index in [1.54, 1.807) is 41.4 Å². The first-order valence-electron chi connectivity index (χ1n) is 8.20. The first kappa shape index (κ1) is 19.7. The van der Waals surface area contributed by atoms with E-state index in [2.05, 4.69) is 4.98 Å². The van der Waals surface area contributed by atoms with Crippen LogP contribution in [0, 0.1) is 6.92 Å². The number of rotatable bonds is 8. The van der Waals surface area contributed by atoms with Crippen LogP contribution in [0.5, 0.6) is 17.2 Å². The molecule has 0 fully saturated rings. The average molecular weight is 363 g/mol. The van der Waals surface area contributed by atoms with Crippen LogP contribution in [0.15, 0.2) is 12.1 Å². The SMILES string of the molecule is CCOC(=O)c1[nH]c(C)c(-c2ccc(OC)c(OC)c2OC)c1COC. The molecule has 0 unspecified atom stereocenters. The van der Waals surface area contributed by atoms with Gasteiger partial charge in [-0.3, -0.25) is 0 Å². The number of H-pyrrole nitrogens is 1. The molecule has 26 heavy (non-hydrogen) atoms. The minimum Gasteiger partial charge on any atom is -0.493 e. The second-order valence-electron chi connectivity index (χ2n) is 5.51. The number of nitrogens with one attached hydrogen (secondary N) is 1. The highest BCUT2D eigenvalue weighted by atomic mass is 16.5. The first-order valence-corrected chi connectivity index (χ1v) is 8.20. The summed E-state index contributed by atoms with van der Waals surface area (Å²) in [5.74, 6) is 1.13. The molecule has 0 amide bonds. The van der Waals surface area contributed by atoms with E-state index < -0.39 is 5.97 Å². The standard InChI is InChI=1S/C19H25NO6/c1-7-26-19(21)16-13(10-22-3)15(11(2)20-16)12-8-9-14(23-4)18(25-6)17(12)24-5/h8-9,20H,7,10H2,1-6H3. The maximum Gasteiger partial charge on any atom is 0.355 e. The molecule has 1 aromatic carbocycles. The van der Waals surface area contributed by atoms with Gasteiger partial charge in [-0.1, -0.05) is 0 Å². The second-order valence-corrected chi connectivity index (χ2v) is 5.51. The van der Waals surface area contributed by atoms with Crippen LogP contribution in [-0.2, 0) is 16.1 Å². The number of esters is 1. The van der Waals surface area contributed by atoms with E-state index in [1.807, 2.05) is 13.0 Å². The third-order valence-corrected chi connectivity index (χ3v) is 4.03. The van der Waals surface area contributed by atoms with Gasteiger partial charge in [0.25, 0.3) is 0 Å². The zero-order chi connectivity index (χ0) is 19.3. The molecule has 0 spiro atoms. The van der Waals surface area contributed by atoms with Crippen LogP contribution in [0.2, 0.25) is 0 Å². The van der Waals surface area contributed by atoms with Gasteiger partial charge in [-0.25, -0.2) is 4.79 Å². The number of benzene rings is 1. The number of aryl methyl sites for hydroxylation is 1. The molecule has 0 atom stereocenters. The molecule has 0 saturated carbocycles. The summed E-state index contributed by atoms with van der Waals surface area (Å²) >= 11 is 0. The number of hydrogen-bond donors (Lipinski definition) is 1. The molecule has 1 N–H and O–H groups in total. The maximum absolute atomic E-state index is 12.3. The van der Waals surface area contributed by atoms with Crippen molar-refractivity contribution in [3.8, 4) is 28.4 Å². The molecule has 1 heterocycles. The monoisotopic (exact) mass is 363 g/mol. The third-order valence-electron chi connectivity index (χ3n) is 4.03. The summed E-state index contributed by atoms with van der Waals surface area (Å²) in [6.45, 7) is 4.18. The molecular weight excluding hydrogens is 338 g/mol. The van der Waals surface area contributed by atoms with Gasteiger partial charge < -0.3 is 28.7 Å². The van der Waals surface area contributed by atoms with E-state index in [0.29, 0.717) is 35.1 Å². The number of carbonyl (C=O) groups is 1. The molecule has 0 bridgehead atoms. The Hall–Kier alpha value is -2.67. The topological polar surface area (TPSA) is 79.0 Å². The van der Waals surface area contributed by atoms with Crippen LogP contribution in [0.25, 0.3) is 11.1 Å². The summed E-state index contributed by atoms with van der Waals surface area (Å²) in [5, 5.41) is 0. The van der Waals surface area contributed by atoms with Crippen LogP contribution in [0.1, 0.15) is 28.7 Å². The Morgan fingerprint density at radius 3 is 2.27 bits per heavy atom. The highest BCUT2D eigenvalue weighted by Gasteiger charge is 2.26. The predicted molar refractivity (Wildman–Crippen MR) is 97.3 cm³/mol. The van der Waals surface area contributed by atoms with Gasteiger partial charge in [-0.15, -0.1) is 0 Å². The van der Waals surface area contributed by atoms with Gasteiger partial charge in [-0.2, -0.15) is 0 Å². The van der Waals surface area contributed by atoms with Gasteiger partial charge in [0.1, 0.15) is 5.69 Å². The van der Waals surface area contributed by atoms with Crippen molar-refractivity contribution in [1.82, 2.24) is 4.98 Å². The van der Waals surface area contributed by atoms with Gasteiger partial charge in [0.15, 0.2) is 11.5 Å². The van der Waals surface area contributed by atoms with E-state index >= 15 is 0 Å². The van der Waals surface area contributed by atoms with Crippen molar-refractivity contribution >= 4 is 5.97 Å². The van der Waals surface area contributed by atoms with E-state index in [1.165, 1.54) is 0 Å². The summed E-state index contributed by atoms with van der Waals surface area (Å²) < 4.78 is 26.9. The molecule has 2 rings (SSSR count). The third kappa shape index (κ3) is 3.48. The highest BCUT2D eigenvalue weighted by molar-refractivity contribution is 5.94. The molecule has 0 aliphatic heterocycles. The Balaban J connectivity index is 2.74. The normalized spacial score (nSPS) is 10.5. The molecule has 142 valence electrons. The summed E-state index contributed by atoms with van der Waals surface area (Å²) in [4.78, 5) is 15.4. The molecule has 7 heteroatoms. The van der Waals surface area contributed by atoms with E-state index in [4.69, 9.17) is 23.7 Å². The van der Waals surface area contributed by atoms with Crippen LogP contribution >= 0.6 is 0 Å². The Morgan fingerprint density at radius 1 is 1.04 bits per heavy atom. The smallest absolute Gasteiger partial charge is 0.355 e. The van der Waals surface area contributed by atoms with Gasteiger partial charge in [0.05, 0.1) is 34.5 Å². The van der Waals surface area contributed by atoms with Crippen molar-refractivity contribution < 1.29 is 28.5 Å². The minimum absolute atomic E-state index is 0.241. The summed E-state index contributed by atoms with van der Waals surface area (Å²) in [6.07, 6.45) is 0. The maximum atomic E-state index is 12.3. The second kappa shape index (κ2) is 8.62. The lowest BCUT2D eigenvalue weighted by Gasteiger charge is -2.17. The van der Waals surface area contributed by atoms with Gasteiger partial charge in [0.2, 0.25) is 5.75 Å². The van der Waals surface area contributed by atoms with Gasteiger partial charge in [0, 0.05) is 29.5 Å². The molecule has 0 radical (unpaired) electrons.